The summed E-state index contributed by atoms with van der Waals surface area (Å²) < 4.78 is 5.46. The number of carbonyl (C=O) groups is 2. The van der Waals surface area contributed by atoms with Crippen LogP contribution in [0.1, 0.15) is 28.8 Å². The molecule has 0 radical (unpaired) electrons. The molecule has 1 fully saturated rings. The van der Waals surface area contributed by atoms with Gasteiger partial charge in [0.25, 0.3) is 11.8 Å². The molecule has 1 N–H and O–H groups in total. The average Bonchev–Trinajstić information content (AvgIpc) is 3.22. The van der Waals surface area contributed by atoms with Crippen molar-refractivity contribution in [1.82, 2.24) is 4.90 Å². The molecule has 0 unspecified atom stereocenters. The number of nitrogens with one attached hydrogen (secondary N) is 1. The number of ether oxygens (including phenoxy) is 1. The minimum absolute atomic E-state index is 0.00249. The molecule has 1 saturated heterocycles. The number of rotatable bonds is 6. The molecule has 2 amide bonds. The van der Waals surface area contributed by atoms with Crippen LogP contribution in [0.4, 0.5) is 5.69 Å². The van der Waals surface area contributed by atoms with Crippen molar-refractivity contribution >= 4 is 17.5 Å². The Kier molecular flexibility index (Phi) is 6.06. The molecule has 0 saturated carbocycles. The highest BCUT2D eigenvalue weighted by Gasteiger charge is 2.19. The molecule has 27 heavy (non-hydrogen) atoms. The van der Waals surface area contributed by atoms with Crippen LogP contribution in [-0.4, -0.2) is 36.4 Å². The number of hydrogen-bond acceptors (Lipinski definition) is 4. The third-order valence-electron chi connectivity index (χ3n) is 4.36. The van der Waals surface area contributed by atoms with Gasteiger partial charge in [-0.2, -0.15) is 5.26 Å². The summed E-state index contributed by atoms with van der Waals surface area (Å²) in [6, 6.07) is 16.1. The van der Waals surface area contributed by atoms with Crippen LogP contribution in [0.2, 0.25) is 0 Å². The van der Waals surface area contributed by atoms with Crippen LogP contribution >= 0.6 is 0 Å². The van der Waals surface area contributed by atoms with Crippen molar-refractivity contribution in [1.29, 1.82) is 5.26 Å². The Balaban J connectivity index is 1.54. The Labute approximate surface area is 158 Å². The van der Waals surface area contributed by atoms with Crippen LogP contribution < -0.4 is 10.1 Å². The van der Waals surface area contributed by atoms with Crippen molar-refractivity contribution in [2.45, 2.75) is 19.3 Å². The van der Waals surface area contributed by atoms with E-state index in [0.29, 0.717) is 23.4 Å². The number of hydrogen-bond donors (Lipinski definition) is 1. The zero-order chi connectivity index (χ0) is 19.1. The largest absolute Gasteiger partial charge is 0.484 e. The third kappa shape index (κ3) is 5.08. The average molecular weight is 363 g/mol. The first-order chi connectivity index (χ1) is 13.2. The van der Waals surface area contributed by atoms with Gasteiger partial charge in [-0.3, -0.25) is 9.59 Å². The Morgan fingerprint density at radius 3 is 2.56 bits per heavy atom. The van der Waals surface area contributed by atoms with Crippen LogP contribution in [0.15, 0.2) is 48.5 Å². The lowest BCUT2D eigenvalue weighted by Crippen LogP contribution is -2.27. The van der Waals surface area contributed by atoms with Gasteiger partial charge in [0.15, 0.2) is 6.61 Å². The van der Waals surface area contributed by atoms with Crippen LogP contribution in [0.25, 0.3) is 0 Å². The fourth-order valence-corrected chi connectivity index (χ4v) is 2.97. The highest BCUT2D eigenvalue weighted by molar-refractivity contribution is 5.97. The van der Waals surface area contributed by atoms with E-state index in [0.717, 1.165) is 31.5 Å². The van der Waals surface area contributed by atoms with E-state index in [4.69, 9.17) is 10.00 Å². The van der Waals surface area contributed by atoms with Crippen LogP contribution in [-0.2, 0) is 11.2 Å². The summed E-state index contributed by atoms with van der Waals surface area (Å²) >= 11 is 0. The van der Waals surface area contributed by atoms with Gasteiger partial charge in [-0.15, -0.1) is 0 Å². The van der Waals surface area contributed by atoms with Gasteiger partial charge in [-0.05, 0) is 48.7 Å². The predicted octanol–water partition coefficient (Wildman–Crippen LogP) is 3.01. The summed E-state index contributed by atoms with van der Waals surface area (Å²) in [4.78, 5) is 26.4. The third-order valence-corrected chi connectivity index (χ3v) is 4.36. The SMILES string of the molecule is N#CCc1ccc(OCC(=O)Nc2cccc(C(=O)N3CCCC3)c2)cc1. The second-order valence-corrected chi connectivity index (χ2v) is 6.40. The Hall–Kier alpha value is -3.33. The lowest BCUT2D eigenvalue weighted by Gasteiger charge is -2.15. The predicted molar refractivity (Wildman–Crippen MR) is 101 cm³/mol. The summed E-state index contributed by atoms with van der Waals surface area (Å²) in [6.07, 6.45) is 2.42. The molecule has 1 aliphatic heterocycles. The monoisotopic (exact) mass is 363 g/mol. The van der Waals surface area contributed by atoms with Gasteiger partial charge < -0.3 is 15.0 Å². The van der Waals surface area contributed by atoms with Crippen molar-refractivity contribution in [3.63, 3.8) is 0 Å². The zero-order valence-corrected chi connectivity index (χ0v) is 15.0. The second-order valence-electron chi connectivity index (χ2n) is 6.40. The number of anilines is 1. The number of carbonyl (C=O) groups excluding carboxylic acids is 2. The van der Waals surface area contributed by atoms with Gasteiger partial charge in [0.1, 0.15) is 5.75 Å². The van der Waals surface area contributed by atoms with Gasteiger partial charge in [0.05, 0.1) is 12.5 Å². The Morgan fingerprint density at radius 2 is 1.85 bits per heavy atom. The molecule has 6 heteroatoms. The topological polar surface area (TPSA) is 82.4 Å². The van der Waals surface area contributed by atoms with Crippen molar-refractivity contribution in [3.05, 3.63) is 59.7 Å². The van der Waals surface area contributed by atoms with Crippen molar-refractivity contribution in [2.24, 2.45) is 0 Å². The molecule has 0 atom stereocenters. The number of nitriles is 1. The van der Waals surface area contributed by atoms with E-state index in [1.165, 1.54) is 0 Å². The minimum Gasteiger partial charge on any atom is -0.484 e. The molecular weight excluding hydrogens is 342 g/mol. The van der Waals surface area contributed by atoms with Gasteiger partial charge in [-0.25, -0.2) is 0 Å². The van der Waals surface area contributed by atoms with Crippen LogP contribution in [0.3, 0.4) is 0 Å². The van der Waals surface area contributed by atoms with E-state index in [2.05, 4.69) is 11.4 Å². The minimum atomic E-state index is -0.304. The van der Waals surface area contributed by atoms with Gasteiger partial charge in [0, 0.05) is 24.3 Å². The van der Waals surface area contributed by atoms with E-state index in [9.17, 15) is 9.59 Å². The van der Waals surface area contributed by atoms with Crippen molar-refractivity contribution in [3.8, 4) is 11.8 Å². The first-order valence-electron chi connectivity index (χ1n) is 8.93. The summed E-state index contributed by atoms with van der Waals surface area (Å²) in [5, 5.41) is 11.4. The quantitative estimate of drug-likeness (QED) is 0.855. The summed E-state index contributed by atoms with van der Waals surface area (Å²) in [6.45, 7) is 1.44. The lowest BCUT2D eigenvalue weighted by molar-refractivity contribution is -0.118. The zero-order valence-electron chi connectivity index (χ0n) is 15.0. The fraction of sp³-hybridized carbons (Fsp3) is 0.286. The molecule has 0 aliphatic carbocycles. The van der Waals surface area contributed by atoms with Crippen LogP contribution in [0.5, 0.6) is 5.75 Å². The van der Waals surface area contributed by atoms with E-state index >= 15 is 0 Å². The molecule has 2 aromatic rings. The molecule has 138 valence electrons. The number of benzene rings is 2. The van der Waals surface area contributed by atoms with Gasteiger partial charge in [0.2, 0.25) is 0 Å². The maximum absolute atomic E-state index is 12.4. The molecule has 0 spiro atoms. The molecule has 0 aromatic heterocycles. The maximum Gasteiger partial charge on any atom is 0.262 e. The van der Waals surface area contributed by atoms with E-state index in [-0.39, 0.29) is 18.4 Å². The molecule has 3 rings (SSSR count). The highest BCUT2D eigenvalue weighted by Crippen LogP contribution is 2.17. The first-order valence-corrected chi connectivity index (χ1v) is 8.93. The summed E-state index contributed by atoms with van der Waals surface area (Å²) in [5.41, 5.74) is 2.04. The molecular formula is C21H21N3O3. The highest BCUT2D eigenvalue weighted by atomic mass is 16.5. The van der Waals surface area contributed by atoms with Gasteiger partial charge in [-0.1, -0.05) is 18.2 Å². The lowest BCUT2D eigenvalue weighted by atomic mass is 10.1. The smallest absolute Gasteiger partial charge is 0.262 e. The Morgan fingerprint density at radius 1 is 1.11 bits per heavy atom. The van der Waals surface area contributed by atoms with Crippen molar-refractivity contribution < 1.29 is 14.3 Å². The normalized spacial score (nSPS) is 13.1. The summed E-state index contributed by atoms with van der Waals surface area (Å²) in [5.74, 6) is 0.254. The molecule has 2 aromatic carbocycles. The van der Waals surface area contributed by atoms with Crippen molar-refractivity contribution in [2.75, 3.05) is 25.0 Å². The number of nitrogens with zero attached hydrogens (tertiary/aromatic N) is 2. The summed E-state index contributed by atoms with van der Waals surface area (Å²) in [7, 11) is 0. The fourth-order valence-electron chi connectivity index (χ4n) is 2.97. The molecule has 1 aliphatic rings. The molecule has 6 nitrogen and oxygen atoms in total. The first kappa shape index (κ1) is 18.5. The van der Waals surface area contributed by atoms with E-state index < -0.39 is 0 Å². The van der Waals surface area contributed by atoms with E-state index in [1.807, 2.05) is 4.90 Å². The van der Waals surface area contributed by atoms with Gasteiger partial charge >= 0.3 is 0 Å². The number of likely N-dealkylation sites (tertiary alicyclic amines) is 1. The van der Waals surface area contributed by atoms with E-state index in [1.54, 1.807) is 48.5 Å². The van der Waals surface area contributed by atoms with Crippen LogP contribution in [0, 0.1) is 11.3 Å². The number of amides is 2. The standard InChI is InChI=1S/C21H21N3O3/c22-11-10-16-6-8-19(9-7-16)27-15-20(25)23-18-5-3-4-17(14-18)21(26)24-12-1-2-13-24/h3-9,14H,1-2,10,12-13,15H2,(H,23,25). The maximum atomic E-state index is 12.4. The second kappa shape index (κ2) is 8.86. The Bertz CT molecular complexity index is 850. The molecule has 0 bridgehead atoms. The molecule has 1 heterocycles.